The van der Waals surface area contributed by atoms with Crippen LogP contribution < -0.4 is 4.90 Å². The summed E-state index contributed by atoms with van der Waals surface area (Å²) in [5.41, 5.74) is 4.83. The SMILES string of the molecule is CN1c2ccccc2[C@]2(C)CC(c3ccccc3)=NN(C(=O)c3ccccc3)[C@H]12. The zero-order valence-corrected chi connectivity index (χ0v) is 16.6. The van der Waals surface area contributed by atoms with Crippen LogP contribution in [0.25, 0.3) is 0 Å². The van der Waals surface area contributed by atoms with E-state index in [0.29, 0.717) is 5.56 Å². The van der Waals surface area contributed by atoms with E-state index in [2.05, 4.69) is 55.3 Å². The molecule has 0 spiro atoms. The van der Waals surface area contributed by atoms with E-state index < -0.39 is 0 Å². The van der Waals surface area contributed by atoms with Gasteiger partial charge in [0, 0.05) is 30.1 Å². The number of hydrazone groups is 1. The standard InChI is InChI=1S/C25H23N3O/c1-25-17-21(18-11-5-3-6-12-18)26-28(23(29)19-13-7-4-8-14-19)24(25)27(2)22-16-10-9-15-20(22)25/h3-16,24H,17H2,1-2H3/t24-,25-/m0/s1. The van der Waals surface area contributed by atoms with Gasteiger partial charge >= 0.3 is 0 Å². The second kappa shape index (κ2) is 6.59. The number of carbonyl (C=O) groups is 1. The number of hydrogen-bond donors (Lipinski definition) is 0. The summed E-state index contributed by atoms with van der Waals surface area (Å²) in [7, 11) is 2.06. The number of rotatable bonds is 2. The zero-order chi connectivity index (χ0) is 20.0. The molecule has 0 bridgehead atoms. The van der Waals surface area contributed by atoms with Gasteiger partial charge in [-0.1, -0.05) is 73.7 Å². The molecule has 3 aromatic rings. The number of amides is 1. The van der Waals surface area contributed by atoms with Crippen LogP contribution in [0.3, 0.4) is 0 Å². The number of fused-ring (bicyclic) bond motifs is 3. The molecule has 0 radical (unpaired) electrons. The van der Waals surface area contributed by atoms with Crippen molar-refractivity contribution in [1.29, 1.82) is 0 Å². The smallest absolute Gasteiger partial charge is 0.275 e. The average molecular weight is 381 g/mol. The van der Waals surface area contributed by atoms with Crippen molar-refractivity contribution in [3.63, 3.8) is 0 Å². The summed E-state index contributed by atoms with van der Waals surface area (Å²) in [5, 5.41) is 6.60. The number of anilines is 1. The molecular weight excluding hydrogens is 358 g/mol. The molecule has 2 atom stereocenters. The number of nitrogens with zero attached hydrogens (tertiary/aromatic N) is 3. The molecule has 0 fully saturated rings. The van der Waals surface area contributed by atoms with Crippen LogP contribution in [0.1, 0.15) is 34.8 Å². The molecule has 3 aromatic carbocycles. The molecule has 4 nitrogen and oxygen atoms in total. The Hall–Kier alpha value is -3.40. The minimum absolute atomic E-state index is 0.0744. The fourth-order valence-electron chi connectivity index (χ4n) is 4.81. The Morgan fingerprint density at radius 1 is 0.931 bits per heavy atom. The van der Waals surface area contributed by atoms with E-state index in [4.69, 9.17) is 5.10 Å². The lowest BCUT2D eigenvalue weighted by molar-refractivity contribution is 0.0581. The van der Waals surface area contributed by atoms with Gasteiger partial charge in [-0.25, -0.2) is 5.01 Å². The van der Waals surface area contributed by atoms with Gasteiger partial charge in [0.15, 0.2) is 0 Å². The van der Waals surface area contributed by atoms with Crippen molar-refractivity contribution in [2.75, 3.05) is 11.9 Å². The summed E-state index contributed by atoms with van der Waals surface area (Å²) < 4.78 is 0. The van der Waals surface area contributed by atoms with Crippen LogP contribution in [0.5, 0.6) is 0 Å². The van der Waals surface area contributed by atoms with Gasteiger partial charge in [0.25, 0.3) is 5.91 Å². The monoisotopic (exact) mass is 381 g/mol. The topological polar surface area (TPSA) is 35.9 Å². The molecule has 5 rings (SSSR count). The summed E-state index contributed by atoms with van der Waals surface area (Å²) in [6, 6.07) is 28.0. The van der Waals surface area contributed by atoms with Crippen LogP contribution in [0.2, 0.25) is 0 Å². The molecule has 2 aliphatic heterocycles. The van der Waals surface area contributed by atoms with Crippen LogP contribution in [-0.4, -0.2) is 29.8 Å². The van der Waals surface area contributed by atoms with Crippen LogP contribution in [-0.2, 0) is 5.41 Å². The third-order valence-electron chi connectivity index (χ3n) is 6.17. The van der Waals surface area contributed by atoms with Gasteiger partial charge in [-0.2, -0.15) is 5.10 Å². The predicted molar refractivity (Wildman–Crippen MR) is 116 cm³/mol. The maximum atomic E-state index is 13.6. The summed E-state index contributed by atoms with van der Waals surface area (Å²) in [5.74, 6) is -0.0744. The van der Waals surface area contributed by atoms with Crippen LogP contribution >= 0.6 is 0 Å². The Labute approximate surface area is 171 Å². The van der Waals surface area contributed by atoms with E-state index in [1.165, 1.54) is 5.56 Å². The zero-order valence-electron chi connectivity index (χ0n) is 16.6. The fourth-order valence-corrected chi connectivity index (χ4v) is 4.81. The molecule has 29 heavy (non-hydrogen) atoms. The minimum atomic E-state index is -0.247. The van der Waals surface area contributed by atoms with Crippen molar-refractivity contribution in [2.24, 2.45) is 5.10 Å². The van der Waals surface area contributed by atoms with Crippen LogP contribution in [0.15, 0.2) is 90.0 Å². The molecule has 1 amide bonds. The minimum Gasteiger partial charge on any atom is -0.352 e. The van der Waals surface area contributed by atoms with Crippen LogP contribution in [0.4, 0.5) is 5.69 Å². The predicted octanol–water partition coefficient (Wildman–Crippen LogP) is 4.67. The lowest BCUT2D eigenvalue weighted by atomic mass is 9.75. The number of para-hydroxylation sites is 1. The molecule has 0 N–H and O–H groups in total. The van der Waals surface area contributed by atoms with Crippen molar-refractivity contribution >= 4 is 17.3 Å². The number of likely N-dealkylation sites (N-methyl/N-ethyl adjacent to an activating group) is 1. The van der Waals surface area contributed by atoms with Crippen molar-refractivity contribution in [3.8, 4) is 0 Å². The van der Waals surface area contributed by atoms with Gasteiger partial charge in [0.1, 0.15) is 6.17 Å². The van der Waals surface area contributed by atoms with E-state index in [-0.39, 0.29) is 17.5 Å². The van der Waals surface area contributed by atoms with E-state index in [1.54, 1.807) is 5.01 Å². The molecule has 0 aromatic heterocycles. The molecule has 2 heterocycles. The van der Waals surface area contributed by atoms with Gasteiger partial charge in [-0.3, -0.25) is 4.79 Å². The van der Waals surface area contributed by atoms with Gasteiger partial charge in [0.05, 0.1) is 5.71 Å². The first kappa shape index (κ1) is 17.7. The lowest BCUT2D eigenvalue weighted by Crippen LogP contribution is -2.57. The van der Waals surface area contributed by atoms with E-state index in [1.807, 2.05) is 48.5 Å². The molecule has 0 saturated carbocycles. The molecule has 144 valence electrons. The Bertz CT molecular complexity index is 1090. The summed E-state index contributed by atoms with van der Waals surface area (Å²) >= 11 is 0. The molecular formula is C25H23N3O. The fraction of sp³-hybridized carbons (Fsp3) is 0.200. The van der Waals surface area contributed by atoms with Gasteiger partial charge in [0.2, 0.25) is 0 Å². The number of hydrogen-bond acceptors (Lipinski definition) is 3. The van der Waals surface area contributed by atoms with E-state index in [9.17, 15) is 4.79 Å². The Balaban J connectivity index is 1.68. The maximum Gasteiger partial charge on any atom is 0.275 e. The Kier molecular flexibility index (Phi) is 4.02. The van der Waals surface area contributed by atoms with Crippen molar-refractivity contribution < 1.29 is 4.79 Å². The average Bonchev–Trinajstić information content (AvgIpc) is 3.01. The van der Waals surface area contributed by atoms with Crippen molar-refractivity contribution in [1.82, 2.24) is 5.01 Å². The quantitative estimate of drug-likeness (QED) is 0.647. The highest BCUT2D eigenvalue weighted by Crippen LogP contribution is 2.50. The molecule has 0 aliphatic carbocycles. The Morgan fingerprint density at radius 3 is 2.28 bits per heavy atom. The lowest BCUT2D eigenvalue weighted by Gasteiger charge is -2.44. The largest absolute Gasteiger partial charge is 0.352 e. The summed E-state index contributed by atoms with van der Waals surface area (Å²) in [6.45, 7) is 2.25. The molecule has 2 aliphatic rings. The van der Waals surface area contributed by atoms with Crippen LogP contribution in [0, 0.1) is 0 Å². The highest BCUT2D eigenvalue weighted by molar-refractivity contribution is 6.04. The third kappa shape index (κ3) is 2.67. The first-order valence-electron chi connectivity index (χ1n) is 9.93. The number of carbonyl (C=O) groups excluding carboxylic acids is 1. The Morgan fingerprint density at radius 2 is 1.55 bits per heavy atom. The summed E-state index contributed by atoms with van der Waals surface area (Å²) in [6.07, 6.45) is 0.613. The molecule has 0 saturated heterocycles. The van der Waals surface area contributed by atoms with E-state index in [0.717, 1.165) is 23.4 Å². The second-order valence-corrected chi connectivity index (χ2v) is 8.02. The molecule has 4 heteroatoms. The van der Waals surface area contributed by atoms with Crippen molar-refractivity contribution in [3.05, 3.63) is 102 Å². The van der Waals surface area contributed by atoms with Gasteiger partial charge in [-0.05, 0) is 29.3 Å². The second-order valence-electron chi connectivity index (χ2n) is 8.02. The first-order chi connectivity index (χ1) is 14.1. The highest BCUT2D eigenvalue weighted by Gasteiger charge is 2.53. The normalized spacial score (nSPS) is 22.7. The summed E-state index contributed by atoms with van der Waals surface area (Å²) in [4.78, 5) is 15.7. The van der Waals surface area contributed by atoms with Crippen molar-refractivity contribution in [2.45, 2.75) is 24.9 Å². The third-order valence-corrected chi connectivity index (χ3v) is 6.17. The van der Waals surface area contributed by atoms with E-state index >= 15 is 0 Å². The number of benzene rings is 3. The molecule has 0 unspecified atom stereocenters. The maximum absolute atomic E-state index is 13.6. The highest BCUT2D eigenvalue weighted by atomic mass is 16.2. The first-order valence-corrected chi connectivity index (χ1v) is 9.93. The van der Waals surface area contributed by atoms with Gasteiger partial charge < -0.3 is 4.90 Å². The van der Waals surface area contributed by atoms with Gasteiger partial charge in [-0.15, -0.1) is 0 Å².